The summed E-state index contributed by atoms with van der Waals surface area (Å²) in [5.74, 6) is -2.81. The van der Waals surface area contributed by atoms with Crippen molar-refractivity contribution in [2.24, 2.45) is 0 Å². The summed E-state index contributed by atoms with van der Waals surface area (Å²) in [5.41, 5.74) is 2.67. The van der Waals surface area contributed by atoms with E-state index in [1.807, 2.05) is 24.3 Å². The molecule has 0 saturated carbocycles. The van der Waals surface area contributed by atoms with Gasteiger partial charge in [0.15, 0.2) is 0 Å². The second-order valence-electron chi connectivity index (χ2n) is 4.32. The third-order valence-corrected chi connectivity index (χ3v) is 2.86. The minimum Gasteiger partial charge on any atom is -0.392 e. The van der Waals surface area contributed by atoms with Crippen molar-refractivity contribution in [3.05, 3.63) is 59.7 Å². The molecule has 1 N–H and O–H groups in total. The van der Waals surface area contributed by atoms with E-state index < -0.39 is 5.92 Å². The van der Waals surface area contributed by atoms with Gasteiger partial charge in [0, 0.05) is 12.5 Å². The molecule has 18 heavy (non-hydrogen) atoms. The third kappa shape index (κ3) is 2.74. The van der Waals surface area contributed by atoms with E-state index in [4.69, 9.17) is 5.11 Å². The Morgan fingerprint density at radius 1 is 0.889 bits per heavy atom. The standard InChI is InChI=1S/C15H14F2O/c1-15(16,17)14-8-6-13(7-9-14)12-4-2-11(10-18)3-5-12/h2-9,18H,10H2,1H3. The minimum absolute atomic E-state index is 0.00126. The summed E-state index contributed by atoms with van der Waals surface area (Å²) in [6.07, 6.45) is 0. The van der Waals surface area contributed by atoms with Crippen LogP contribution in [-0.4, -0.2) is 5.11 Å². The molecule has 2 aromatic carbocycles. The fourth-order valence-corrected chi connectivity index (χ4v) is 1.76. The minimum atomic E-state index is -2.81. The van der Waals surface area contributed by atoms with E-state index in [9.17, 15) is 8.78 Å². The van der Waals surface area contributed by atoms with Gasteiger partial charge < -0.3 is 5.11 Å². The van der Waals surface area contributed by atoms with Gasteiger partial charge in [0.1, 0.15) is 0 Å². The molecule has 0 unspecified atom stereocenters. The number of alkyl halides is 2. The van der Waals surface area contributed by atoms with Crippen molar-refractivity contribution in [2.75, 3.05) is 0 Å². The smallest absolute Gasteiger partial charge is 0.270 e. The van der Waals surface area contributed by atoms with Crippen LogP contribution in [0.3, 0.4) is 0 Å². The predicted molar refractivity (Wildman–Crippen MR) is 67.4 cm³/mol. The van der Waals surface area contributed by atoms with Crippen molar-refractivity contribution in [1.29, 1.82) is 0 Å². The number of hydrogen-bond donors (Lipinski definition) is 1. The fraction of sp³-hybridized carbons (Fsp3) is 0.200. The molecule has 0 aliphatic rings. The molecular weight excluding hydrogens is 234 g/mol. The highest BCUT2D eigenvalue weighted by atomic mass is 19.3. The molecule has 2 aromatic rings. The number of benzene rings is 2. The molecule has 0 aliphatic heterocycles. The lowest BCUT2D eigenvalue weighted by Crippen LogP contribution is -2.06. The molecule has 0 aliphatic carbocycles. The monoisotopic (exact) mass is 248 g/mol. The molecule has 0 bridgehead atoms. The van der Waals surface area contributed by atoms with Crippen LogP contribution in [0.2, 0.25) is 0 Å². The van der Waals surface area contributed by atoms with Crippen molar-refractivity contribution in [3.8, 4) is 11.1 Å². The van der Waals surface area contributed by atoms with Gasteiger partial charge in [-0.25, -0.2) is 8.78 Å². The highest BCUT2D eigenvalue weighted by Crippen LogP contribution is 2.29. The lowest BCUT2D eigenvalue weighted by atomic mass is 10.0. The summed E-state index contributed by atoms with van der Waals surface area (Å²) in [7, 11) is 0. The van der Waals surface area contributed by atoms with Gasteiger partial charge in [-0.15, -0.1) is 0 Å². The van der Waals surface area contributed by atoms with Crippen LogP contribution in [0.15, 0.2) is 48.5 Å². The summed E-state index contributed by atoms with van der Waals surface area (Å²) in [6, 6.07) is 13.6. The van der Waals surface area contributed by atoms with Crippen LogP contribution in [0.1, 0.15) is 18.1 Å². The third-order valence-electron chi connectivity index (χ3n) is 2.86. The highest BCUT2D eigenvalue weighted by molar-refractivity contribution is 5.64. The molecular formula is C15H14F2O. The quantitative estimate of drug-likeness (QED) is 0.871. The molecule has 0 amide bonds. The van der Waals surface area contributed by atoms with Gasteiger partial charge in [0.05, 0.1) is 6.61 Å². The predicted octanol–water partition coefficient (Wildman–Crippen LogP) is 3.96. The van der Waals surface area contributed by atoms with Gasteiger partial charge >= 0.3 is 0 Å². The van der Waals surface area contributed by atoms with E-state index >= 15 is 0 Å². The van der Waals surface area contributed by atoms with Crippen molar-refractivity contribution in [3.63, 3.8) is 0 Å². The zero-order valence-electron chi connectivity index (χ0n) is 10.0. The second kappa shape index (κ2) is 4.86. The average molecular weight is 248 g/mol. The van der Waals surface area contributed by atoms with Crippen LogP contribution < -0.4 is 0 Å². The van der Waals surface area contributed by atoms with Gasteiger partial charge in [-0.3, -0.25) is 0 Å². The Bertz CT molecular complexity index is 510. The SMILES string of the molecule is CC(F)(F)c1ccc(-c2ccc(CO)cc2)cc1. The lowest BCUT2D eigenvalue weighted by Gasteiger charge is -2.11. The van der Waals surface area contributed by atoms with Gasteiger partial charge in [0.25, 0.3) is 5.92 Å². The molecule has 94 valence electrons. The van der Waals surface area contributed by atoms with Crippen LogP contribution in [0.5, 0.6) is 0 Å². The van der Waals surface area contributed by atoms with Crippen LogP contribution in [-0.2, 0) is 12.5 Å². The number of rotatable bonds is 3. The molecule has 2 rings (SSSR count). The molecule has 3 heteroatoms. The Labute approximate surface area is 105 Å². The largest absolute Gasteiger partial charge is 0.392 e. The first kappa shape index (κ1) is 12.7. The van der Waals surface area contributed by atoms with Crippen molar-refractivity contribution >= 4 is 0 Å². The van der Waals surface area contributed by atoms with Crippen LogP contribution in [0.4, 0.5) is 8.78 Å². The summed E-state index contributed by atoms with van der Waals surface area (Å²) >= 11 is 0. The fourth-order valence-electron chi connectivity index (χ4n) is 1.76. The molecule has 0 heterocycles. The molecule has 0 spiro atoms. The van der Waals surface area contributed by atoms with Crippen LogP contribution in [0.25, 0.3) is 11.1 Å². The zero-order valence-corrected chi connectivity index (χ0v) is 10.0. The Balaban J connectivity index is 2.28. The first-order valence-corrected chi connectivity index (χ1v) is 5.69. The van der Waals surface area contributed by atoms with Crippen LogP contribution in [0, 0.1) is 0 Å². The normalized spacial score (nSPS) is 11.6. The van der Waals surface area contributed by atoms with Gasteiger partial charge in [-0.2, -0.15) is 0 Å². The summed E-state index contributed by atoms with van der Waals surface area (Å²) in [6.45, 7) is 0.888. The highest BCUT2D eigenvalue weighted by Gasteiger charge is 2.23. The molecule has 0 atom stereocenters. The van der Waals surface area contributed by atoms with Crippen molar-refractivity contribution < 1.29 is 13.9 Å². The van der Waals surface area contributed by atoms with E-state index in [0.717, 1.165) is 23.6 Å². The molecule has 1 nitrogen and oxygen atoms in total. The maximum Gasteiger partial charge on any atom is 0.270 e. The van der Waals surface area contributed by atoms with E-state index in [2.05, 4.69) is 0 Å². The second-order valence-corrected chi connectivity index (χ2v) is 4.32. The van der Waals surface area contributed by atoms with E-state index in [1.54, 1.807) is 12.1 Å². The van der Waals surface area contributed by atoms with Gasteiger partial charge in [-0.05, 0) is 16.7 Å². The van der Waals surface area contributed by atoms with Gasteiger partial charge in [-0.1, -0.05) is 48.5 Å². The Morgan fingerprint density at radius 3 is 1.72 bits per heavy atom. The van der Waals surface area contributed by atoms with E-state index in [-0.39, 0.29) is 12.2 Å². The molecule has 0 saturated heterocycles. The Hall–Kier alpha value is -1.74. The lowest BCUT2D eigenvalue weighted by molar-refractivity contribution is 0.0175. The maximum absolute atomic E-state index is 13.1. The van der Waals surface area contributed by atoms with E-state index in [0.29, 0.717) is 0 Å². The van der Waals surface area contributed by atoms with Crippen LogP contribution >= 0.6 is 0 Å². The topological polar surface area (TPSA) is 20.2 Å². The number of aliphatic hydroxyl groups is 1. The number of halogens is 2. The summed E-state index contributed by atoms with van der Waals surface area (Å²) in [5, 5.41) is 8.94. The average Bonchev–Trinajstić information content (AvgIpc) is 2.38. The number of aliphatic hydroxyl groups excluding tert-OH is 1. The zero-order chi connectivity index (χ0) is 13.2. The number of hydrogen-bond acceptors (Lipinski definition) is 1. The van der Waals surface area contributed by atoms with Crippen molar-refractivity contribution in [1.82, 2.24) is 0 Å². The Kier molecular flexibility index (Phi) is 3.43. The summed E-state index contributed by atoms with van der Waals surface area (Å²) in [4.78, 5) is 0. The summed E-state index contributed by atoms with van der Waals surface area (Å²) < 4.78 is 26.1. The Morgan fingerprint density at radius 2 is 1.33 bits per heavy atom. The molecule has 0 fully saturated rings. The first-order valence-electron chi connectivity index (χ1n) is 5.69. The van der Waals surface area contributed by atoms with E-state index in [1.165, 1.54) is 12.1 Å². The maximum atomic E-state index is 13.1. The molecule has 0 aromatic heterocycles. The van der Waals surface area contributed by atoms with Gasteiger partial charge in [0.2, 0.25) is 0 Å². The van der Waals surface area contributed by atoms with Crippen molar-refractivity contribution in [2.45, 2.75) is 19.5 Å². The molecule has 0 radical (unpaired) electrons. The first-order chi connectivity index (χ1) is 8.50.